The van der Waals surface area contributed by atoms with Crippen LogP contribution < -0.4 is 23.8 Å². The molecule has 0 radical (unpaired) electrons. The normalized spacial score (nSPS) is 18.9. The molecule has 182 valence electrons. The van der Waals surface area contributed by atoms with Crippen LogP contribution in [0.25, 0.3) is 0 Å². The van der Waals surface area contributed by atoms with Gasteiger partial charge in [0.05, 0.1) is 13.1 Å². The number of rotatable bonds is 6. The maximum Gasteiger partial charge on any atom is 0.241 e. The second-order valence-electron chi connectivity index (χ2n) is 8.92. The summed E-state index contributed by atoms with van der Waals surface area (Å²) in [7, 11) is 0. The van der Waals surface area contributed by atoms with Crippen LogP contribution in [0, 0.1) is 0 Å². The Balaban J connectivity index is 1.24. The summed E-state index contributed by atoms with van der Waals surface area (Å²) < 4.78 is 23.0. The number of fused-ring (bicyclic) bond motifs is 2. The number of anilines is 1. The van der Waals surface area contributed by atoms with Gasteiger partial charge in [0, 0.05) is 22.7 Å². The van der Waals surface area contributed by atoms with E-state index < -0.39 is 0 Å². The zero-order chi connectivity index (χ0) is 23.6. The van der Waals surface area contributed by atoms with Gasteiger partial charge in [-0.1, -0.05) is 12.1 Å². The van der Waals surface area contributed by atoms with E-state index in [-0.39, 0.29) is 11.9 Å². The van der Waals surface area contributed by atoms with E-state index >= 15 is 0 Å². The Morgan fingerprint density at radius 1 is 0.914 bits per heavy atom. The Morgan fingerprint density at radius 3 is 2.37 bits per heavy atom. The third-order valence-corrected chi connectivity index (χ3v) is 7.55. The summed E-state index contributed by atoms with van der Waals surface area (Å²) >= 11 is 1.66. The molecule has 3 aromatic rings. The maximum absolute atomic E-state index is 13.8. The highest BCUT2D eigenvalue weighted by atomic mass is 32.1. The van der Waals surface area contributed by atoms with Gasteiger partial charge in [-0.3, -0.25) is 9.69 Å². The first-order valence-corrected chi connectivity index (χ1v) is 13.0. The summed E-state index contributed by atoms with van der Waals surface area (Å²) in [5.74, 6) is 3.07. The fourth-order valence-corrected chi connectivity index (χ4v) is 5.69. The van der Waals surface area contributed by atoms with Gasteiger partial charge < -0.3 is 23.8 Å². The van der Waals surface area contributed by atoms with Gasteiger partial charge in [0.1, 0.15) is 26.4 Å². The fraction of sp³-hybridized carbons (Fsp3) is 0.370. The van der Waals surface area contributed by atoms with E-state index in [9.17, 15) is 4.79 Å². The van der Waals surface area contributed by atoms with Crippen molar-refractivity contribution < 1.29 is 23.7 Å². The van der Waals surface area contributed by atoms with Gasteiger partial charge >= 0.3 is 0 Å². The standard InChI is InChI=1S/C27H28N2O5S/c30-27(18-28-9-1-4-22(28)19-5-7-23-25(15-19)33-12-10-31-23)29(17-21-3-2-14-35-21)20-6-8-24-26(16-20)34-13-11-32-24/h2-3,5-8,14-16,22H,1,4,9-13,17-18H2. The molecular formula is C27H28N2O5S. The van der Waals surface area contributed by atoms with Crippen molar-refractivity contribution in [1.29, 1.82) is 0 Å². The van der Waals surface area contributed by atoms with Crippen molar-refractivity contribution in [2.45, 2.75) is 25.4 Å². The van der Waals surface area contributed by atoms with Crippen molar-refractivity contribution in [3.05, 3.63) is 64.4 Å². The number of nitrogens with zero attached hydrogens (tertiary/aromatic N) is 2. The fourth-order valence-electron chi connectivity index (χ4n) is 5.00. The van der Waals surface area contributed by atoms with Crippen LogP contribution in [0.5, 0.6) is 23.0 Å². The Hall–Kier alpha value is -3.23. The van der Waals surface area contributed by atoms with Gasteiger partial charge in [0.25, 0.3) is 0 Å². The summed E-state index contributed by atoms with van der Waals surface area (Å²) in [5.41, 5.74) is 1.99. The molecule has 35 heavy (non-hydrogen) atoms. The molecule has 1 unspecified atom stereocenters. The number of hydrogen-bond acceptors (Lipinski definition) is 7. The second-order valence-corrected chi connectivity index (χ2v) is 9.95. The number of likely N-dealkylation sites (tertiary alicyclic amines) is 1. The topological polar surface area (TPSA) is 60.5 Å². The number of benzene rings is 2. The van der Waals surface area contributed by atoms with E-state index in [1.807, 2.05) is 40.6 Å². The quantitative estimate of drug-likeness (QED) is 0.499. The minimum Gasteiger partial charge on any atom is -0.486 e. The predicted octanol–water partition coefficient (Wildman–Crippen LogP) is 4.66. The van der Waals surface area contributed by atoms with Crippen molar-refractivity contribution in [3.63, 3.8) is 0 Å². The van der Waals surface area contributed by atoms with Crippen molar-refractivity contribution in [2.24, 2.45) is 0 Å². The smallest absolute Gasteiger partial charge is 0.241 e. The highest BCUT2D eigenvalue weighted by molar-refractivity contribution is 7.09. The summed E-state index contributed by atoms with van der Waals surface area (Å²) in [6.45, 7) is 3.96. The molecule has 6 rings (SSSR count). The second kappa shape index (κ2) is 9.79. The Bertz CT molecular complexity index is 1200. The van der Waals surface area contributed by atoms with Gasteiger partial charge in [0.2, 0.25) is 5.91 Å². The Labute approximate surface area is 208 Å². The average Bonchev–Trinajstić information content (AvgIpc) is 3.59. The number of hydrogen-bond donors (Lipinski definition) is 0. The van der Waals surface area contributed by atoms with Crippen LogP contribution in [0.1, 0.15) is 29.3 Å². The van der Waals surface area contributed by atoms with Crippen molar-refractivity contribution in [1.82, 2.24) is 4.90 Å². The third-order valence-electron chi connectivity index (χ3n) is 6.69. The first-order valence-electron chi connectivity index (χ1n) is 12.1. The lowest BCUT2D eigenvalue weighted by Gasteiger charge is -2.30. The molecule has 0 aliphatic carbocycles. The number of carbonyl (C=O) groups is 1. The number of carbonyl (C=O) groups excluding carboxylic acids is 1. The molecule has 2 aromatic carbocycles. The van der Waals surface area contributed by atoms with Crippen LogP contribution in [0.3, 0.4) is 0 Å². The van der Waals surface area contributed by atoms with Gasteiger partial charge in [-0.2, -0.15) is 0 Å². The molecule has 3 aliphatic rings. The number of amides is 1. The Kier molecular flexibility index (Phi) is 6.22. The van der Waals surface area contributed by atoms with Crippen LogP contribution in [0.2, 0.25) is 0 Å². The first kappa shape index (κ1) is 22.2. The van der Waals surface area contributed by atoms with Crippen LogP contribution in [0.4, 0.5) is 5.69 Å². The molecule has 7 nitrogen and oxygen atoms in total. The molecule has 1 fully saturated rings. The molecule has 8 heteroatoms. The predicted molar refractivity (Wildman–Crippen MR) is 134 cm³/mol. The molecular weight excluding hydrogens is 464 g/mol. The summed E-state index contributed by atoms with van der Waals surface area (Å²) in [6, 6.07) is 16.2. The molecule has 1 atom stereocenters. The average molecular weight is 493 g/mol. The van der Waals surface area contributed by atoms with Crippen LogP contribution in [-0.4, -0.2) is 50.3 Å². The van der Waals surface area contributed by atoms with Crippen molar-refractivity contribution in [3.8, 4) is 23.0 Å². The zero-order valence-corrected chi connectivity index (χ0v) is 20.3. The molecule has 1 amide bonds. The summed E-state index contributed by atoms with van der Waals surface area (Å²) in [6.07, 6.45) is 2.07. The molecule has 1 aromatic heterocycles. The van der Waals surface area contributed by atoms with Crippen molar-refractivity contribution in [2.75, 3.05) is 44.4 Å². The highest BCUT2D eigenvalue weighted by Gasteiger charge is 2.31. The van der Waals surface area contributed by atoms with E-state index in [1.165, 1.54) is 5.56 Å². The Morgan fingerprint density at radius 2 is 1.63 bits per heavy atom. The zero-order valence-electron chi connectivity index (χ0n) is 19.5. The van der Waals surface area contributed by atoms with E-state index in [0.717, 1.165) is 47.2 Å². The lowest BCUT2D eigenvalue weighted by Crippen LogP contribution is -2.40. The van der Waals surface area contributed by atoms with Crippen LogP contribution >= 0.6 is 11.3 Å². The van der Waals surface area contributed by atoms with Gasteiger partial charge in [0.15, 0.2) is 23.0 Å². The van der Waals surface area contributed by atoms with E-state index in [2.05, 4.69) is 23.1 Å². The van der Waals surface area contributed by atoms with Crippen LogP contribution in [-0.2, 0) is 11.3 Å². The van der Waals surface area contributed by atoms with Gasteiger partial charge in [-0.25, -0.2) is 0 Å². The molecule has 0 spiro atoms. The van der Waals surface area contributed by atoms with E-state index in [4.69, 9.17) is 18.9 Å². The summed E-state index contributed by atoms with van der Waals surface area (Å²) in [4.78, 5) is 19.1. The SMILES string of the molecule is O=C(CN1CCCC1c1ccc2c(c1)OCCO2)N(Cc1cccs1)c1ccc2c(c1)OCCO2. The monoisotopic (exact) mass is 492 g/mol. The number of thiophene rings is 1. The van der Waals surface area contributed by atoms with E-state index in [1.54, 1.807) is 11.3 Å². The summed E-state index contributed by atoms with van der Waals surface area (Å²) in [5, 5.41) is 2.04. The highest BCUT2D eigenvalue weighted by Crippen LogP contribution is 2.39. The minimum absolute atomic E-state index is 0.0690. The largest absolute Gasteiger partial charge is 0.486 e. The van der Waals surface area contributed by atoms with Gasteiger partial charge in [-0.15, -0.1) is 11.3 Å². The third kappa shape index (κ3) is 4.68. The molecule has 3 aliphatic heterocycles. The number of ether oxygens (including phenoxy) is 4. The van der Waals surface area contributed by atoms with Crippen LogP contribution in [0.15, 0.2) is 53.9 Å². The first-order chi connectivity index (χ1) is 17.2. The van der Waals surface area contributed by atoms with E-state index in [0.29, 0.717) is 45.3 Å². The lowest BCUT2D eigenvalue weighted by atomic mass is 10.0. The van der Waals surface area contributed by atoms with Gasteiger partial charge in [-0.05, 0) is 60.7 Å². The maximum atomic E-state index is 13.8. The van der Waals surface area contributed by atoms with Crippen molar-refractivity contribution >= 4 is 22.9 Å². The molecule has 1 saturated heterocycles. The molecule has 0 bridgehead atoms. The minimum atomic E-state index is 0.0690. The molecule has 4 heterocycles. The molecule has 0 saturated carbocycles. The lowest BCUT2D eigenvalue weighted by molar-refractivity contribution is -0.120. The molecule has 0 N–H and O–H groups in total.